The van der Waals surface area contributed by atoms with Crippen molar-refractivity contribution in [3.05, 3.63) is 36.0 Å². The van der Waals surface area contributed by atoms with E-state index in [0.29, 0.717) is 56.9 Å². The van der Waals surface area contributed by atoms with Gasteiger partial charge in [0.25, 0.3) is 5.91 Å². The molecule has 2 saturated heterocycles. The second-order valence-corrected chi connectivity index (χ2v) is 18.0. The number of aliphatic hydroxyl groups excluding tert-OH is 2. The Bertz CT molecular complexity index is 1520. The van der Waals surface area contributed by atoms with E-state index in [1.54, 1.807) is 34.0 Å². The summed E-state index contributed by atoms with van der Waals surface area (Å²) in [6, 6.07) is -1.18. The van der Waals surface area contributed by atoms with Crippen LogP contribution in [-0.2, 0) is 42.8 Å². The van der Waals surface area contributed by atoms with Crippen LogP contribution in [0, 0.1) is 29.6 Å². The molecule has 3 fully saturated rings. The first-order valence-electron chi connectivity index (χ1n) is 22.1. The molecule has 1 saturated carbocycles. The summed E-state index contributed by atoms with van der Waals surface area (Å²) in [4.78, 5) is 44.6. The van der Waals surface area contributed by atoms with Gasteiger partial charge in [-0.15, -0.1) is 6.58 Å². The van der Waals surface area contributed by atoms with Crippen LogP contribution in [0.25, 0.3) is 0 Å². The minimum Gasteiger partial charge on any atom is -0.456 e. The van der Waals surface area contributed by atoms with E-state index in [-0.39, 0.29) is 56.1 Å². The molecule has 0 spiro atoms. The van der Waals surface area contributed by atoms with E-state index >= 15 is 0 Å². The molecule has 0 aromatic rings. The van der Waals surface area contributed by atoms with Gasteiger partial charge in [-0.2, -0.15) is 0 Å². The lowest BCUT2D eigenvalue weighted by atomic mass is 9.80. The molecule has 3 heterocycles. The summed E-state index contributed by atoms with van der Waals surface area (Å²) in [7, 11) is 4.63. The number of ketones is 1. The Morgan fingerprint density at radius 2 is 1.60 bits per heavy atom. The Labute approximate surface area is 357 Å². The predicted molar refractivity (Wildman–Crippen MR) is 224 cm³/mol. The third kappa shape index (κ3) is 11.3. The van der Waals surface area contributed by atoms with Crippen LogP contribution in [0.15, 0.2) is 36.0 Å². The lowest BCUT2D eigenvalue weighted by molar-refractivity contribution is -0.421. The number of methoxy groups -OCH3 is 3. The monoisotopic (exact) mass is 850 g/mol. The van der Waals surface area contributed by atoms with Crippen LogP contribution in [0.2, 0.25) is 0 Å². The number of cyclic esters (lactones) is 1. The van der Waals surface area contributed by atoms with Crippen molar-refractivity contribution < 1.29 is 63.2 Å². The van der Waals surface area contributed by atoms with E-state index in [2.05, 4.69) is 6.58 Å². The maximum absolute atomic E-state index is 14.9. The zero-order valence-electron chi connectivity index (χ0n) is 37.5. The van der Waals surface area contributed by atoms with Crippen molar-refractivity contribution in [2.45, 2.75) is 173 Å². The fourth-order valence-electron chi connectivity index (χ4n) is 10.00. The summed E-state index contributed by atoms with van der Waals surface area (Å²) in [5.41, 5.74) is 1.60. The highest BCUT2D eigenvalue weighted by molar-refractivity contribution is 5.90. The van der Waals surface area contributed by atoms with Crippen molar-refractivity contribution in [1.29, 1.82) is 0 Å². The summed E-state index contributed by atoms with van der Waals surface area (Å²) >= 11 is 0. The average molecular weight is 850 g/mol. The number of carbonyl (C=O) groups excluding carboxylic acids is 3. The number of nitrogens with zero attached hydrogens (tertiary/aromatic N) is 1. The first kappa shape index (κ1) is 50.1. The molecular weight excluding hydrogens is 774 g/mol. The van der Waals surface area contributed by atoms with Crippen molar-refractivity contribution in [3.63, 3.8) is 0 Å². The average Bonchev–Trinajstić information content (AvgIpc) is 3.22. The third-order valence-corrected chi connectivity index (χ3v) is 13.5. The standard InChI is InChI=1S/C46H75NO13/c1-11-15-33-21-27(3)20-28(4)22-39(56-9)42-40(57-10)24-30(6)45(53,60-42)46(54,58-12-2)44(52)47-19-14-13-16-34(47)43(51)59-41(31(7)36(49)26-37(33)50)29(5)23-32-17-18-35(48)38(25-32)55-8/h11,21,23,28,30-36,38-42,48-49,53-54H,1,12-20,22,24-26H2,2-10H3/b27-21+,29-23+/t28-,30+,31+,32-,33+,34-,35+,36-,38+,39-,40-,41+,42+,45-,46?/m0/s1. The number of hydrogen-bond donors (Lipinski definition) is 4. The van der Waals surface area contributed by atoms with Crippen LogP contribution in [0.4, 0.5) is 0 Å². The molecule has 4 N–H and O–H groups in total. The first-order chi connectivity index (χ1) is 28.4. The number of rotatable bonds is 9. The van der Waals surface area contributed by atoms with Crippen molar-refractivity contribution >= 4 is 17.7 Å². The Balaban J connectivity index is 1.85. The normalized spacial score (nSPS) is 42.0. The first-order valence-corrected chi connectivity index (χ1v) is 22.1. The Morgan fingerprint density at radius 1 is 0.933 bits per heavy atom. The highest BCUT2D eigenvalue weighted by atomic mass is 16.7. The molecule has 1 unspecified atom stereocenters. The van der Waals surface area contributed by atoms with Gasteiger partial charge in [0.1, 0.15) is 24.0 Å². The number of esters is 1. The van der Waals surface area contributed by atoms with Crippen LogP contribution in [-0.4, -0.2) is 138 Å². The number of piperidine rings is 1. The highest BCUT2D eigenvalue weighted by Crippen LogP contribution is 2.45. The Hall–Kier alpha value is -2.53. The van der Waals surface area contributed by atoms with E-state index in [1.807, 2.05) is 32.9 Å². The molecular formula is C46H75NO13. The zero-order valence-corrected chi connectivity index (χ0v) is 37.5. The molecule has 4 rings (SSSR count). The van der Waals surface area contributed by atoms with E-state index in [4.69, 9.17) is 28.4 Å². The topological polar surface area (TPSA) is 191 Å². The van der Waals surface area contributed by atoms with E-state index in [9.17, 15) is 34.8 Å². The van der Waals surface area contributed by atoms with Crippen LogP contribution in [0.1, 0.15) is 112 Å². The minimum atomic E-state index is -2.95. The van der Waals surface area contributed by atoms with Gasteiger partial charge in [-0.05, 0) is 102 Å². The molecule has 1 aliphatic carbocycles. The number of hydrogen-bond acceptors (Lipinski definition) is 13. The summed E-state index contributed by atoms with van der Waals surface area (Å²) in [6.07, 6.45) is 4.67. The van der Waals surface area contributed by atoms with Crippen molar-refractivity contribution in [2.75, 3.05) is 34.5 Å². The molecule has 3 aliphatic heterocycles. The summed E-state index contributed by atoms with van der Waals surface area (Å²) in [6.45, 7) is 14.6. The van der Waals surface area contributed by atoms with Crippen molar-refractivity contribution in [3.8, 4) is 0 Å². The van der Waals surface area contributed by atoms with Crippen LogP contribution in [0.5, 0.6) is 0 Å². The molecule has 342 valence electrons. The van der Waals surface area contributed by atoms with Gasteiger partial charge in [-0.3, -0.25) is 9.59 Å². The Kier molecular flexibility index (Phi) is 18.5. The van der Waals surface area contributed by atoms with Gasteiger partial charge >= 0.3 is 11.8 Å². The summed E-state index contributed by atoms with van der Waals surface area (Å²) in [5.74, 6) is -9.72. The Morgan fingerprint density at radius 3 is 2.23 bits per heavy atom. The lowest BCUT2D eigenvalue weighted by Crippen LogP contribution is -2.73. The largest absolute Gasteiger partial charge is 0.456 e. The number of aliphatic hydroxyl groups is 4. The van der Waals surface area contributed by atoms with Gasteiger partial charge in [0.2, 0.25) is 5.79 Å². The van der Waals surface area contributed by atoms with Gasteiger partial charge in [0.15, 0.2) is 0 Å². The molecule has 15 atom stereocenters. The van der Waals surface area contributed by atoms with Gasteiger partial charge in [0, 0.05) is 58.7 Å². The number of carbonyl (C=O) groups is 3. The number of fused-ring (bicyclic) bond motifs is 3. The summed E-state index contributed by atoms with van der Waals surface area (Å²) < 4.78 is 36.1. The van der Waals surface area contributed by atoms with Crippen LogP contribution < -0.4 is 0 Å². The van der Waals surface area contributed by atoms with Gasteiger partial charge in [-0.25, -0.2) is 4.79 Å². The molecule has 0 aromatic carbocycles. The third-order valence-electron chi connectivity index (χ3n) is 13.5. The van der Waals surface area contributed by atoms with Crippen molar-refractivity contribution in [2.24, 2.45) is 29.6 Å². The fraction of sp³-hybridized carbons (Fsp3) is 0.804. The second-order valence-electron chi connectivity index (χ2n) is 18.0. The molecule has 4 aliphatic rings. The minimum absolute atomic E-state index is 0.00857. The van der Waals surface area contributed by atoms with E-state index in [1.165, 1.54) is 19.1 Å². The van der Waals surface area contributed by atoms with Crippen LogP contribution >= 0.6 is 0 Å². The molecule has 2 bridgehead atoms. The lowest BCUT2D eigenvalue weighted by Gasteiger charge is -2.53. The van der Waals surface area contributed by atoms with Gasteiger partial charge < -0.3 is 53.7 Å². The summed E-state index contributed by atoms with van der Waals surface area (Å²) in [5, 5.41) is 47.4. The van der Waals surface area contributed by atoms with Crippen LogP contribution in [0.3, 0.4) is 0 Å². The molecule has 14 heteroatoms. The van der Waals surface area contributed by atoms with Gasteiger partial charge in [0.05, 0.1) is 30.5 Å². The van der Waals surface area contributed by atoms with E-state index < -0.39 is 83.9 Å². The predicted octanol–water partition coefficient (Wildman–Crippen LogP) is 4.80. The van der Waals surface area contributed by atoms with Gasteiger partial charge in [-0.1, -0.05) is 44.6 Å². The number of ether oxygens (including phenoxy) is 6. The zero-order chi connectivity index (χ0) is 44.5. The molecule has 60 heavy (non-hydrogen) atoms. The molecule has 14 nitrogen and oxygen atoms in total. The molecule has 1 amide bonds. The smallest absolute Gasteiger partial charge is 0.329 e. The number of allylic oxidation sites excluding steroid dienone is 4. The molecule has 0 aromatic heterocycles. The highest BCUT2D eigenvalue weighted by Gasteiger charge is 2.66. The quantitative estimate of drug-likeness (QED) is 0.141. The number of amides is 1. The SMILES string of the molecule is C=CC[C@@H]1/C=C(\C)C[C@H](C)C[C@H](OC)[C@H]2O[C@@](O)([C@H](C)C[C@@H]2OC)C(O)(OCC)C(=O)N2CCCC[C@H]2C(=O)O[C@H](/C(C)=C/[C@@H]2CC[C@@H](O)[C@H](OC)C2)[C@H](C)[C@@H](O)CC1=O. The second kappa shape index (κ2) is 22.2. The number of Topliss-reactive ketones (excluding diaryl/α,β-unsaturated/α-hetero) is 1. The van der Waals surface area contributed by atoms with E-state index in [0.717, 1.165) is 5.57 Å². The maximum Gasteiger partial charge on any atom is 0.329 e. The maximum atomic E-state index is 14.9. The van der Waals surface area contributed by atoms with Crippen molar-refractivity contribution in [1.82, 2.24) is 4.90 Å². The molecule has 0 radical (unpaired) electrons. The fourth-order valence-corrected chi connectivity index (χ4v) is 10.00.